The Morgan fingerprint density at radius 1 is 1.21 bits per heavy atom. The van der Waals surface area contributed by atoms with Crippen molar-refractivity contribution in [3.8, 4) is 5.69 Å². The van der Waals surface area contributed by atoms with Crippen molar-refractivity contribution in [2.45, 2.75) is 19.4 Å². The molecule has 1 fully saturated rings. The number of rotatable bonds is 3. The van der Waals surface area contributed by atoms with Gasteiger partial charge in [0.25, 0.3) is 0 Å². The summed E-state index contributed by atoms with van der Waals surface area (Å²) in [6.45, 7) is 5.88. The van der Waals surface area contributed by atoms with E-state index in [1.807, 2.05) is 30.3 Å². The van der Waals surface area contributed by atoms with E-state index in [0.29, 0.717) is 5.92 Å². The van der Waals surface area contributed by atoms with E-state index in [1.54, 1.807) is 4.68 Å². The van der Waals surface area contributed by atoms with Crippen LogP contribution >= 0.6 is 0 Å². The molecule has 2 N–H and O–H groups in total. The average Bonchev–Trinajstić information content (AvgIpc) is 2.84. The Hall–Kier alpha value is -1.95. The Morgan fingerprint density at radius 2 is 1.89 bits per heavy atom. The molecular formula is C13H18N6. The third-order valence-electron chi connectivity index (χ3n) is 3.86. The predicted octanol–water partition coefficient (Wildman–Crippen LogP) is 0.836. The molecule has 0 amide bonds. The molecule has 1 aromatic heterocycles. The van der Waals surface area contributed by atoms with E-state index in [-0.39, 0.29) is 5.54 Å². The summed E-state index contributed by atoms with van der Waals surface area (Å²) in [5.41, 5.74) is 7.14. The zero-order valence-corrected chi connectivity index (χ0v) is 11.2. The van der Waals surface area contributed by atoms with Gasteiger partial charge in [-0.2, -0.15) is 4.68 Å². The lowest BCUT2D eigenvalue weighted by atomic mass is 9.80. The van der Waals surface area contributed by atoms with Crippen LogP contribution in [0.1, 0.15) is 13.8 Å². The Kier molecular flexibility index (Phi) is 2.74. The average molecular weight is 258 g/mol. The summed E-state index contributed by atoms with van der Waals surface area (Å²) in [4.78, 5) is 2.12. The Balaban J connectivity index is 1.84. The lowest BCUT2D eigenvalue weighted by Crippen LogP contribution is -2.70. The van der Waals surface area contributed by atoms with Crippen LogP contribution in [-0.2, 0) is 0 Å². The first-order valence-corrected chi connectivity index (χ1v) is 6.48. The third kappa shape index (κ3) is 1.98. The van der Waals surface area contributed by atoms with Gasteiger partial charge in [-0.3, -0.25) is 0 Å². The van der Waals surface area contributed by atoms with Gasteiger partial charge < -0.3 is 10.6 Å². The van der Waals surface area contributed by atoms with Crippen molar-refractivity contribution in [1.29, 1.82) is 0 Å². The second-order valence-electron chi connectivity index (χ2n) is 5.47. The zero-order chi connectivity index (χ0) is 13.5. The maximum Gasteiger partial charge on any atom is 0.250 e. The molecule has 1 aliphatic rings. The fourth-order valence-electron chi connectivity index (χ4n) is 2.29. The van der Waals surface area contributed by atoms with E-state index in [4.69, 9.17) is 5.73 Å². The lowest BCUT2D eigenvalue weighted by molar-refractivity contribution is 0.241. The zero-order valence-electron chi connectivity index (χ0n) is 11.2. The standard InChI is InChI=1S/C13H18N6/c1-10(2)13(14)8-18(9-13)12-15-16-17-19(12)11-6-4-3-5-7-11/h3-7,10H,8-9,14H2,1-2H3. The summed E-state index contributed by atoms with van der Waals surface area (Å²) in [6.07, 6.45) is 0. The SMILES string of the molecule is CC(C)C1(N)CN(c2nnnn2-c2ccccc2)C1. The van der Waals surface area contributed by atoms with E-state index in [9.17, 15) is 0 Å². The minimum Gasteiger partial charge on any atom is -0.336 e. The smallest absolute Gasteiger partial charge is 0.250 e. The van der Waals surface area contributed by atoms with Crippen molar-refractivity contribution in [3.05, 3.63) is 30.3 Å². The van der Waals surface area contributed by atoms with Gasteiger partial charge in [-0.25, -0.2) is 0 Å². The highest BCUT2D eigenvalue weighted by molar-refractivity contribution is 5.44. The Morgan fingerprint density at radius 3 is 2.53 bits per heavy atom. The molecule has 0 radical (unpaired) electrons. The summed E-state index contributed by atoms with van der Waals surface area (Å²) in [5, 5.41) is 11.9. The van der Waals surface area contributed by atoms with Gasteiger partial charge in [0.05, 0.1) is 11.2 Å². The summed E-state index contributed by atoms with van der Waals surface area (Å²) in [7, 11) is 0. The molecule has 0 saturated carbocycles. The molecule has 1 aliphatic heterocycles. The molecule has 2 aromatic rings. The number of nitrogens with two attached hydrogens (primary N) is 1. The number of anilines is 1. The van der Waals surface area contributed by atoms with Crippen molar-refractivity contribution >= 4 is 5.95 Å². The quantitative estimate of drug-likeness (QED) is 0.883. The first-order chi connectivity index (χ1) is 9.10. The summed E-state index contributed by atoms with van der Waals surface area (Å²) >= 11 is 0. The molecule has 1 aromatic carbocycles. The normalized spacial score (nSPS) is 17.6. The first kappa shape index (κ1) is 12.1. The monoisotopic (exact) mass is 258 g/mol. The van der Waals surface area contributed by atoms with Gasteiger partial charge in [-0.15, -0.1) is 0 Å². The molecule has 0 aliphatic carbocycles. The summed E-state index contributed by atoms with van der Waals surface area (Å²) in [6, 6.07) is 9.88. The van der Waals surface area contributed by atoms with Crippen LogP contribution in [0.5, 0.6) is 0 Å². The van der Waals surface area contributed by atoms with Crippen LogP contribution in [0.4, 0.5) is 5.95 Å². The molecule has 0 atom stereocenters. The second-order valence-corrected chi connectivity index (χ2v) is 5.47. The van der Waals surface area contributed by atoms with Gasteiger partial charge in [0.15, 0.2) is 0 Å². The number of nitrogens with zero attached hydrogens (tertiary/aromatic N) is 5. The topological polar surface area (TPSA) is 72.9 Å². The van der Waals surface area contributed by atoms with Gasteiger partial charge in [0.2, 0.25) is 5.95 Å². The molecule has 3 rings (SSSR count). The molecule has 0 unspecified atom stereocenters. The van der Waals surface area contributed by atoms with Crippen molar-refractivity contribution < 1.29 is 0 Å². The van der Waals surface area contributed by atoms with E-state index >= 15 is 0 Å². The number of hydrogen-bond donors (Lipinski definition) is 1. The Bertz CT molecular complexity index is 556. The highest BCUT2D eigenvalue weighted by atomic mass is 15.6. The highest BCUT2D eigenvalue weighted by Crippen LogP contribution is 2.30. The Labute approximate surface area is 112 Å². The fourth-order valence-corrected chi connectivity index (χ4v) is 2.29. The molecule has 19 heavy (non-hydrogen) atoms. The van der Waals surface area contributed by atoms with Crippen LogP contribution in [-0.4, -0.2) is 38.8 Å². The predicted molar refractivity (Wildman–Crippen MR) is 73.1 cm³/mol. The van der Waals surface area contributed by atoms with Gasteiger partial charge in [-0.05, 0) is 28.5 Å². The highest BCUT2D eigenvalue weighted by Gasteiger charge is 2.44. The molecule has 6 heteroatoms. The van der Waals surface area contributed by atoms with Crippen LogP contribution in [0, 0.1) is 5.92 Å². The van der Waals surface area contributed by atoms with E-state index in [0.717, 1.165) is 24.7 Å². The van der Waals surface area contributed by atoms with Crippen LogP contribution in [0.2, 0.25) is 0 Å². The molecule has 1 saturated heterocycles. The number of tetrazole rings is 1. The second kappa shape index (κ2) is 4.31. The first-order valence-electron chi connectivity index (χ1n) is 6.48. The molecule has 0 spiro atoms. The number of benzene rings is 1. The van der Waals surface area contributed by atoms with Crippen LogP contribution in [0.3, 0.4) is 0 Å². The van der Waals surface area contributed by atoms with Crippen LogP contribution in [0.15, 0.2) is 30.3 Å². The lowest BCUT2D eigenvalue weighted by Gasteiger charge is -2.50. The van der Waals surface area contributed by atoms with Gasteiger partial charge in [-0.1, -0.05) is 37.1 Å². The molecule has 2 heterocycles. The summed E-state index contributed by atoms with van der Waals surface area (Å²) < 4.78 is 1.75. The number of para-hydroxylation sites is 1. The van der Waals surface area contributed by atoms with E-state index in [2.05, 4.69) is 34.3 Å². The maximum absolute atomic E-state index is 6.31. The van der Waals surface area contributed by atoms with Crippen LogP contribution < -0.4 is 10.6 Å². The fraction of sp³-hybridized carbons (Fsp3) is 0.462. The van der Waals surface area contributed by atoms with Crippen molar-refractivity contribution in [2.75, 3.05) is 18.0 Å². The van der Waals surface area contributed by atoms with Gasteiger partial charge in [0.1, 0.15) is 0 Å². The molecular weight excluding hydrogens is 240 g/mol. The number of hydrogen-bond acceptors (Lipinski definition) is 5. The van der Waals surface area contributed by atoms with E-state index in [1.165, 1.54) is 0 Å². The molecule has 100 valence electrons. The van der Waals surface area contributed by atoms with Gasteiger partial charge >= 0.3 is 0 Å². The minimum absolute atomic E-state index is 0.131. The third-order valence-corrected chi connectivity index (χ3v) is 3.86. The number of aromatic nitrogens is 4. The minimum atomic E-state index is -0.131. The van der Waals surface area contributed by atoms with Crippen molar-refractivity contribution in [3.63, 3.8) is 0 Å². The summed E-state index contributed by atoms with van der Waals surface area (Å²) in [5.74, 6) is 1.21. The van der Waals surface area contributed by atoms with Crippen molar-refractivity contribution in [1.82, 2.24) is 20.2 Å². The van der Waals surface area contributed by atoms with Gasteiger partial charge in [0, 0.05) is 13.1 Å². The largest absolute Gasteiger partial charge is 0.336 e. The van der Waals surface area contributed by atoms with Crippen molar-refractivity contribution in [2.24, 2.45) is 11.7 Å². The van der Waals surface area contributed by atoms with E-state index < -0.39 is 0 Å². The molecule has 6 nitrogen and oxygen atoms in total. The maximum atomic E-state index is 6.31. The van der Waals surface area contributed by atoms with Crippen LogP contribution in [0.25, 0.3) is 5.69 Å². The molecule has 0 bridgehead atoms.